The molecule has 0 unspecified atom stereocenters. The normalized spacial score (nSPS) is 16.2. The van der Waals surface area contributed by atoms with Gasteiger partial charge in [-0.25, -0.2) is 13.6 Å². The molecule has 0 saturated carbocycles. The summed E-state index contributed by atoms with van der Waals surface area (Å²) in [6.45, 7) is 1.99. The third-order valence-corrected chi connectivity index (χ3v) is 5.89. The molecule has 0 saturated heterocycles. The highest BCUT2D eigenvalue weighted by Crippen LogP contribution is 2.25. The van der Waals surface area contributed by atoms with Crippen LogP contribution < -0.4 is 5.14 Å². The standard InChI is InChI=1S/C12H14INO2S/c1-9-4-5-11(17(14,15)16)7-12(9)10-3-2-6-13-8-10/h3-5,7-8H,2,6H2,1H3,(H2,14,15,16). The maximum Gasteiger partial charge on any atom is 0.238 e. The molecular weight excluding hydrogens is 349 g/mol. The molecule has 2 N–H and O–H groups in total. The summed E-state index contributed by atoms with van der Waals surface area (Å²) in [4.78, 5) is 0.191. The van der Waals surface area contributed by atoms with Crippen LogP contribution >= 0.6 is 20.7 Å². The summed E-state index contributed by atoms with van der Waals surface area (Å²) in [7, 11) is -3.61. The molecule has 17 heavy (non-hydrogen) atoms. The minimum atomic E-state index is -3.61. The zero-order chi connectivity index (χ0) is 12.5. The lowest BCUT2D eigenvalue weighted by Gasteiger charge is -2.11. The van der Waals surface area contributed by atoms with E-state index in [1.54, 1.807) is 12.1 Å². The molecule has 1 aromatic rings. The first-order chi connectivity index (χ1) is 7.98. The van der Waals surface area contributed by atoms with Crippen LogP contribution in [0.2, 0.25) is 0 Å². The average molecular weight is 363 g/mol. The summed E-state index contributed by atoms with van der Waals surface area (Å²) >= 11 is 0.123. The lowest BCUT2D eigenvalue weighted by molar-refractivity contribution is 0.598. The van der Waals surface area contributed by atoms with Crippen LogP contribution in [0.15, 0.2) is 29.2 Å². The van der Waals surface area contributed by atoms with Crippen molar-refractivity contribution in [1.82, 2.24) is 0 Å². The number of sulfonamides is 1. The van der Waals surface area contributed by atoms with E-state index in [1.807, 2.05) is 13.0 Å². The second-order valence-electron chi connectivity index (χ2n) is 3.92. The Morgan fingerprint density at radius 3 is 2.71 bits per heavy atom. The quantitative estimate of drug-likeness (QED) is 0.647. The van der Waals surface area contributed by atoms with Crippen molar-refractivity contribution < 1.29 is 8.42 Å². The van der Waals surface area contributed by atoms with E-state index in [0.717, 1.165) is 17.5 Å². The maximum atomic E-state index is 11.3. The first kappa shape index (κ1) is 12.9. The first-order valence-corrected chi connectivity index (χ1v) is 9.55. The number of hydrogen-bond donors (Lipinski definition) is 1. The molecule has 0 radical (unpaired) electrons. The Hall–Kier alpha value is -0.530. The van der Waals surface area contributed by atoms with Crippen LogP contribution in [0.4, 0.5) is 0 Å². The first-order valence-electron chi connectivity index (χ1n) is 5.23. The summed E-state index contributed by atoms with van der Waals surface area (Å²) < 4.78 is 26.2. The number of rotatable bonds is 2. The molecular formula is C12H14INO2S. The van der Waals surface area contributed by atoms with Gasteiger partial charge in [0.2, 0.25) is 10.0 Å². The van der Waals surface area contributed by atoms with Gasteiger partial charge in [-0.15, -0.1) is 20.7 Å². The monoisotopic (exact) mass is 363 g/mol. The highest BCUT2D eigenvalue weighted by molar-refractivity contribution is 14.2. The molecule has 1 aliphatic heterocycles. The topological polar surface area (TPSA) is 60.2 Å². The Balaban J connectivity index is 2.54. The molecule has 0 aromatic heterocycles. The van der Waals surface area contributed by atoms with Crippen molar-refractivity contribution in [2.24, 2.45) is 5.14 Å². The number of halogens is 1. The zero-order valence-electron chi connectivity index (χ0n) is 9.48. The van der Waals surface area contributed by atoms with Gasteiger partial charge in [0, 0.05) is 0 Å². The lowest BCUT2D eigenvalue weighted by atomic mass is 10.0. The van der Waals surface area contributed by atoms with Gasteiger partial charge >= 0.3 is 0 Å². The number of allylic oxidation sites excluding steroid dienone is 2. The van der Waals surface area contributed by atoms with Crippen LogP contribution in [0.25, 0.3) is 5.57 Å². The van der Waals surface area contributed by atoms with Crippen molar-refractivity contribution in [3.63, 3.8) is 0 Å². The fourth-order valence-electron chi connectivity index (χ4n) is 1.71. The van der Waals surface area contributed by atoms with Crippen molar-refractivity contribution in [2.45, 2.75) is 18.2 Å². The van der Waals surface area contributed by atoms with E-state index in [1.165, 1.54) is 10.0 Å². The summed E-state index contributed by atoms with van der Waals surface area (Å²) in [5.41, 5.74) is 3.26. The fourth-order valence-corrected chi connectivity index (χ4v) is 4.30. The van der Waals surface area contributed by atoms with Gasteiger partial charge in [0.1, 0.15) is 0 Å². The molecule has 0 amide bonds. The summed E-state index contributed by atoms with van der Waals surface area (Å²) in [6, 6.07) is 5.06. The van der Waals surface area contributed by atoms with Gasteiger partial charge in [-0.2, -0.15) is 0 Å². The second kappa shape index (κ2) is 4.99. The number of primary sulfonamides is 1. The molecule has 2 rings (SSSR count). The molecule has 92 valence electrons. The maximum absolute atomic E-state index is 11.3. The van der Waals surface area contributed by atoms with Crippen molar-refractivity contribution in [3.8, 4) is 0 Å². The Morgan fingerprint density at radius 2 is 2.12 bits per heavy atom. The molecule has 0 bridgehead atoms. The fraction of sp³-hybridized carbons (Fsp3) is 0.250. The van der Waals surface area contributed by atoms with Gasteiger partial charge < -0.3 is 0 Å². The number of alkyl halides is 1. The second-order valence-corrected chi connectivity index (χ2v) is 8.07. The van der Waals surface area contributed by atoms with Crippen LogP contribution in [0, 0.1) is 6.92 Å². The highest BCUT2D eigenvalue weighted by Gasteiger charge is 2.12. The molecule has 1 aliphatic rings. The molecule has 0 spiro atoms. The average Bonchev–Trinajstić information content (AvgIpc) is 2.29. The zero-order valence-corrected chi connectivity index (χ0v) is 12.5. The molecule has 0 atom stereocenters. The minimum absolute atomic E-state index is 0.123. The van der Waals surface area contributed by atoms with Gasteiger partial charge in [0.05, 0.1) is 4.90 Å². The van der Waals surface area contributed by atoms with Crippen molar-refractivity contribution in [3.05, 3.63) is 35.4 Å². The molecule has 1 heterocycles. The van der Waals surface area contributed by atoms with Crippen LogP contribution in [-0.2, 0) is 10.0 Å². The SMILES string of the molecule is Cc1ccc(S(N)(=O)=O)cc1C1=CCCI=C1. The van der Waals surface area contributed by atoms with E-state index in [-0.39, 0.29) is 25.6 Å². The Kier molecular flexibility index (Phi) is 3.79. The molecule has 0 fully saturated rings. The lowest BCUT2D eigenvalue weighted by Crippen LogP contribution is -2.12. The Labute approximate surface area is 112 Å². The van der Waals surface area contributed by atoms with Crippen LogP contribution in [0.3, 0.4) is 0 Å². The molecule has 0 aliphatic carbocycles. The Morgan fingerprint density at radius 1 is 1.35 bits per heavy atom. The predicted octanol–water partition coefficient (Wildman–Crippen LogP) is 2.20. The van der Waals surface area contributed by atoms with E-state index in [0.29, 0.717) is 0 Å². The van der Waals surface area contributed by atoms with Crippen LogP contribution in [0.1, 0.15) is 17.5 Å². The van der Waals surface area contributed by atoms with E-state index < -0.39 is 10.0 Å². The smallest absolute Gasteiger partial charge is 0.225 e. The van der Waals surface area contributed by atoms with Crippen molar-refractivity contribution in [2.75, 3.05) is 4.43 Å². The highest BCUT2D eigenvalue weighted by atomic mass is 127. The van der Waals surface area contributed by atoms with Gasteiger partial charge in [0.25, 0.3) is 0 Å². The van der Waals surface area contributed by atoms with Gasteiger partial charge in [-0.05, 0) is 50.6 Å². The van der Waals surface area contributed by atoms with E-state index in [4.69, 9.17) is 5.14 Å². The summed E-state index contributed by atoms with van der Waals surface area (Å²) in [5, 5.41) is 5.15. The third kappa shape index (κ3) is 3.02. The predicted molar refractivity (Wildman–Crippen MR) is 80.1 cm³/mol. The van der Waals surface area contributed by atoms with E-state index >= 15 is 0 Å². The van der Waals surface area contributed by atoms with Crippen molar-refractivity contribution in [1.29, 1.82) is 0 Å². The largest absolute Gasteiger partial charge is 0.238 e. The Bertz CT molecular complexity index is 603. The molecule has 3 nitrogen and oxygen atoms in total. The molecule has 1 aromatic carbocycles. The number of nitrogens with two attached hydrogens (primary N) is 1. The molecule has 5 heteroatoms. The third-order valence-electron chi connectivity index (χ3n) is 2.63. The van der Waals surface area contributed by atoms with Gasteiger partial charge in [0.15, 0.2) is 0 Å². The number of aryl methyl sites for hydroxylation is 1. The van der Waals surface area contributed by atoms with Gasteiger partial charge in [-0.3, -0.25) is 0 Å². The minimum Gasteiger partial charge on any atom is -0.225 e. The number of benzene rings is 1. The van der Waals surface area contributed by atoms with E-state index in [2.05, 4.69) is 10.1 Å². The van der Waals surface area contributed by atoms with Gasteiger partial charge in [-0.1, -0.05) is 12.1 Å². The van der Waals surface area contributed by atoms with Crippen molar-refractivity contribution >= 4 is 40.3 Å². The van der Waals surface area contributed by atoms with Crippen LogP contribution in [-0.4, -0.2) is 16.9 Å². The summed E-state index contributed by atoms with van der Waals surface area (Å²) in [6.07, 6.45) is 3.27. The number of hydrogen-bond acceptors (Lipinski definition) is 2. The summed E-state index contributed by atoms with van der Waals surface area (Å²) in [5.74, 6) is 0. The van der Waals surface area contributed by atoms with E-state index in [9.17, 15) is 8.42 Å². The van der Waals surface area contributed by atoms with Crippen LogP contribution in [0.5, 0.6) is 0 Å².